The van der Waals surface area contributed by atoms with E-state index in [-0.39, 0.29) is 12.3 Å². The predicted molar refractivity (Wildman–Crippen MR) is 106 cm³/mol. The number of nitrogens with zero attached hydrogens (tertiary/aromatic N) is 3. The quantitative estimate of drug-likeness (QED) is 0.567. The number of anilines is 1. The van der Waals surface area contributed by atoms with Crippen molar-refractivity contribution in [3.8, 4) is 22.8 Å². The largest absolute Gasteiger partial charge is 0.441 e. The van der Waals surface area contributed by atoms with Gasteiger partial charge in [-0.1, -0.05) is 48.5 Å². The zero-order chi connectivity index (χ0) is 19.3. The van der Waals surface area contributed by atoms with Gasteiger partial charge in [0.05, 0.1) is 30.2 Å². The van der Waals surface area contributed by atoms with Crippen LogP contribution in [0.3, 0.4) is 0 Å². The van der Waals surface area contributed by atoms with Crippen LogP contribution in [0.1, 0.15) is 11.5 Å². The molecule has 2 aromatic carbocycles. The summed E-state index contributed by atoms with van der Waals surface area (Å²) in [5.41, 5.74) is 2.95. The fourth-order valence-corrected chi connectivity index (χ4v) is 2.78. The van der Waals surface area contributed by atoms with E-state index in [1.54, 1.807) is 19.3 Å². The molecule has 0 saturated carbocycles. The Morgan fingerprint density at radius 2 is 1.54 bits per heavy atom. The lowest BCUT2D eigenvalue weighted by Crippen LogP contribution is -2.15. The lowest BCUT2D eigenvalue weighted by molar-refractivity contribution is -0.115. The van der Waals surface area contributed by atoms with E-state index in [0.29, 0.717) is 28.9 Å². The SMILES string of the molecule is Cc1oc(-c2ccccc2)nc1CC(=O)Nc1cnc(-c2ccccc2)nc1. The third-order valence-corrected chi connectivity index (χ3v) is 4.21. The summed E-state index contributed by atoms with van der Waals surface area (Å²) < 4.78 is 5.70. The number of aryl methyl sites for hydroxylation is 1. The lowest BCUT2D eigenvalue weighted by atomic mass is 10.2. The summed E-state index contributed by atoms with van der Waals surface area (Å²) in [6.45, 7) is 1.81. The van der Waals surface area contributed by atoms with E-state index in [1.807, 2.05) is 60.7 Å². The van der Waals surface area contributed by atoms with Gasteiger partial charge < -0.3 is 9.73 Å². The second kappa shape index (κ2) is 7.84. The smallest absolute Gasteiger partial charge is 0.230 e. The van der Waals surface area contributed by atoms with E-state index < -0.39 is 0 Å². The molecule has 1 amide bonds. The fourth-order valence-electron chi connectivity index (χ4n) is 2.78. The van der Waals surface area contributed by atoms with Gasteiger partial charge in [0, 0.05) is 11.1 Å². The summed E-state index contributed by atoms with van der Waals surface area (Å²) in [7, 11) is 0. The summed E-state index contributed by atoms with van der Waals surface area (Å²) in [6, 6.07) is 19.3. The first-order valence-electron chi connectivity index (χ1n) is 8.88. The molecule has 2 heterocycles. The Balaban J connectivity index is 1.43. The minimum absolute atomic E-state index is 0.114. The molecule has 0 aliphatic heterocycles. The van der Waals surface area contributed by atoms with Gasteiger partial charge in [0.1, 0.15) is 5.76 Å². The maximum atomic E-state index is 12.4. The van der Waals surface area contributed by atoms with Gasteiger partial charge >= 0.3 is 0 Å². The van der Waals surface area contributed by atoms with Crippen molar-refractivity contribution in [1.29, 1.82) is 0 Å². The number of nitrogens with one attached hydrogen (secondary N) is 1. The number of hydrogen-bond acceptors (Lipinski definition) is 5. The third-order valence-electron chi connectivity index (χ3n) is 4.21. The molecule has 0 aliphatic rings. The number of rotatable bonds is 5. The molecule has 0 aliphatic carbocycles. The van der Waals surface area contributed by atoms with E-state index >= 15 is 0 Å². The number of carbonyl (C=O) groups excluding carboxylic acids is 1. The first kappa shape index (κ1) is 17.6. The number of benzene rings is 2. The molecule has 6 nitrogen and oxygen atoms in total. The Morgan fingerprint density at radius 1 is 0.929 bits per heavy atom. The first-order chi connectivity index (χ1) is 13.7. The Bertz CT molecular complexity index is 1070. The van der Waals surface area contributed by atoms with Crippen LogP contribution in [-0.2, 0) is 11.2 Å². The molecule has 0 atom stereocenters. The van der Waals surface area contributed by atoms with Gasteiger partial charge in [0.2, 0.25) is 11.8 Å². The molecule has 0 spiro atoms. The number of carbonyl (C=O) groups is 1. The van der Waals surface area contributed by atoms with Gasteiger partial charge in [-0.25, -0.2) is 15.0 Å². The number of aromatic nitrogens is 3. The van der Waals surface area contributed by atoms with Gasteiger partial charge in [-0.05, 0) is 19.1 Å². The predicted octanol–water partition coefficient (Wildman–Crippen LogP) is 4.29. The summed E-state index contributed by atoms with van der Waals surface area (Å²) >= 11 is 0. The van der Waals surface area contributed by atoms with Gasteiger partial charge in [-0.2, -0.15) is 0 Å². The second-order valence-electron chi connectivity index (χ2n) is 6.27. The summed E-state index contributed by atoms with van der Waals surface area (Å²) in [5.74, 6) is 1.55. The van der Waals surface area contributed by atoms with Crippen LogP contribution in [0.15, 0.2) is 77.5 Å². The minimum Gasteiger partial charge on any atom is -0.441 e. The molecule has 0 unspecified atom stereocenters. The van der Waals surface area contributed by atoms with E-state index in [1.165, 1.54) is 0 Å². The van der Waals surface area contributed by atoms with E-state index in [4.69, 9.17) is 4.42 Å². The van der Waals surface area contributed by atoms with Gasteiger partial charge in [-0.3, -0.25) is 4.79 Å². The van der Waals surface area contributed by atoms with Crippen molar-refractivity contribution in [3.05, 3.63) is 84.5 Å². The molecule has 6 heteroatoms. The monoisotopic (exact) mass is 370 g/mol. The van der Waals surface area contributed by atoms with Crippen molar-refractivity contribution >= 4 is 11.6 Å². The van der Waals surface area contributed by atoms with Crippen molar-refractivity contribution in [2.24, 2.45) is 0 Å². The van der Waals surface area contributed by atoms with Crippen LogP contribution >= 0.6 is 0 Å². The van der Waals surface area contributed by atoms with Crippen molar-refractivity contribution in [2.45, 2.75) is 13.3 Å². The summed E-state index contributed by atoms with van der Waals surface area (Å²) in [6.07, 6.45) is 3.30. The molecule has 0 saturated heterocycles. The Morgan fingerprint density at radius 3 is 2.18 bits per heavy atom. The standard InChI is InChI=1S/C22H18N4O2/c1-15-19(26-22(28-15)17-10-6-3-7-11-17)12-20(27)25-18-13-23-21(24-14-18)16-8-4-2-5-9-16/h2-11,13-14H,12H2,1H3,(H,25,27). The van der Waals surface area contributed by atoms with Crippen molar-refractivity contribution in [1.82, 2.24) is 15.0 Å². The van der Waals surface area contributed by atoms with Crippen LogP contribution in [0.5, 0.6) is 0 Å². The summed E-state index contributed by atoms with van der Waals surface area (Å²) in [5, 5.41) is 2.80. The van der Waals surface area contributed by atoms with Crippen molar-refractivity contribution in [2.75, 3.05) is 5.32 Å². The molecule has 1 N–H and O–H groups in total. The van der Waals surface area contributed by atoms with E-state index in [9.17, 15) is 4.79 Å². The van der Waals surface area contributed by atoms with Crippen molar-refractivity contribution in [3.63, 3.8) is 0 Å². The van der Waals surface area contributed by atoms with Gasteiger partial charge in [0.15, 0.2) is 5.82 Å². The van der Waals surface area contributed by atoms with Crippen LogP contribution in [-0.4, -0.2) is 20.9 Å². The molecule has 4 rings (SSSR count). The summed E-state index contributed by atoms with van der Waals surface area (Å²) in [4.78, 5) is 25.5. The number of oxazole rings is 1. The number of hydrogen-bond donors (Lipinski definition) is 1. The highest BCUT2D eigenvalue weighted by atomic mass is 16.4. The number of amides is 1. The van der Waals surface area contributed by atoms with Gasteiger partial charge in [0.25, 0.3) is 0 Å². The molecule has 0 radical (unpaired) electrons. The average molecular weight is 370 g/mol. The topological polar surface area (TPSA) is 80.9 Å². The zero-order valence-electron chi connectivity index (χ0n) is 15.3. The van der Waals surface area contributed by atoms with Crippen molar-refractivity contribution < 1.29 is 9.21 Å². The van der Waals surface area contributed by atoms with Crippen LogP contribution in [0.2, 0.25) is 0 Å². The first-order valence-corrected chi connectivity index (χ1v) is 8.88. The molecular formula is C22H18N4O2. The maximum absolute atomic E-state index is 12.4. The molecular weight excluding hydrogens is 352 g/mol. The Kier molecular flexibility index (Phi) is 4.93. The van der Waals surface area contributed by atoms with Gasteiger partial charge in [-0.15, -0.1) is 0 Å². The highest BCUT2D eigenvalue weighted by molar-refractivity contribution is 5.92. The molecule has 0 bridgehead atoms. The zero-order valence-corrected chi connectivity index (χ0v) is 15.3. The second-order valence-corrected chi connectivity index (χ2v) is 6.27. The lowest BCUT2D eigenvalue weighted by Gasteiger charge is -2.05. The maximum Gasteiger partial charge on any atom is 0.230 e. The highest BCUT2D eigenvalue weighted by Gasteiger charge is 2.15. The highest BCUT2D eigenvalue weighted by Crippen LogP contribution is 2.22. The third kappa shape index (κ3) is 3.96. The van der Waals surface area contributed by atoms with Crippen LogP contribution in [0, 0.1) is 6.92 Å². The molecule has 2 aromatic heterocycles. The fraction of sp³-hybridized carbons (Fsp3) is 0.0909. The average Bonchev–Trinajstić information content (AvgIpc) is 3.10. The Hall–Kier alpha value is -3.80. The van der Waals surface area contributed by atoms with Crippen LogP contribution < -0.4 is 5.32 Å². The van der Waals surface area contributed by atoms with Crippen LogP contribution in [0.4, 0.5) is 5.69 Å². The molecule has 138 valence electrons. The molecule has 4 aromatic rings. The molecule has 0 fully saturated rings. The van der Waals surface area contributed by atoms with E-state index in [0.717, 1.165) is 11.1 Å². The minimum atomic E-state index is -0.202. The Labute approximate surface area is 162 Å². The normalized spacial score (nSPS) is 10.6. The van der Waals surface area contributed by atoms with E-state index in [2.05, 4.69) is 20.3 Å². The van der Waals surface area contributed by atoms with Crippen LogP contribution in [0.25, 0.3) is 22.8 Å². The molecule has 28 heavy (non-hydrogen) atoms.